The third-order valence-corrected chi connectivity index (χ3v) is 11.8. The summed E-state index contributed by atoms with van der Waals surface area (Å²) in [5.41, 5.74) is 11.2. The van der Waals surface area contributed by atoms with Crippen LogP contribution in [0.4, 0.5) is 0 Å². The molecule has 0 radical (unpaired) electrons. The lowest BCUT2D eigenvalue weighted by molar-refractivity contribution is 1.19. The normalized spacial score (nSPS) is 12.1. The van der Waals surface area contributed by atoms with Crippen LogP contribution in [0, 0.1) is 6.92 Å². The first-order chi connectivity index (χ1) is 27.2. The maximum atomic E-state index is 2.60. The highest BCUT2D eigenvalue weighted by Crippen LogP contribution is 2.49. The summed E-state index contributed by atoms with van der Waals surface area (Å²) in [4.78, 5) is 0. The molecular weight excluding hydrogens is 663 g/mol. The summed E-state index contributed by atoms with van der Waals surface area (Å²) < 4.78 is 2.60. The zero-order valence-corrected chi connectivity index (χ0v) is 30.8. The summed E-state index contributed by atoms with van der Waals surface area (Å²) in [6, 6.07) is 65.0. The van der Waals surface area contributed by atoms with Gasteiger partial charge in [0.05, 0.1) is 16.7 Å². The van der Waals surface area contributed by atoms with E-state index in [4.69, 9.17) is 0 Å². The van der Waals surface area contributed by atoms with E-state index in [1.807, 2.05) is 0 Å². The van der Waals surface area contributed by atoms with E-state index in [9.17, 15) is 0 Å². The van der Waals surface area contributed by atoms with Gasteiger partial charge in [0.2, 0.25) is 0 Å². The standard InChI is InChI=1S/C54H37N/c1-3-17-39-34(2)50(38-31-30-35-18-7-8-21-37(35)32-38)43-25-12-14-27-45(43)53(39)55-49-29-16-15-28-46(49)52-51-42-24-11-9-22-40(42)47(36-19-5-4-6-20-36)33-48(51)41-23-10-13-26-44(41)54(52)55/h3-33H,1-2H3/b17-3-. The van der Waals surface area contributed by atoms with Crippen LogP contribution in [-0.4, -0.2) is 4.57 Å². The number of hydrogen-bond donors (Lipinski definition) is 0. The van der Waals surface area contributed by atoms with Gasteiger partial charge in [-0.25, -0.2) is 0 Å². The Morgan fingerprint density at radius 1 is 0.436 bits per heavy atom. The molecule has 10 aromatic carbocycles. The highest BCUT2D eigenvalue weighted by atomic mass is 15.0. The molecule has 55 heavy (non-hydrogen) atoms. The largest absolute Gasteiger partial charge is 0.307 e. The van der Waals surface area contributed by atoms with Gasteiger partial charge >= 0.3 is 0 Å². The molecular formula is C54H37N. The average molecular weight is 700 g/mol. The number of fused-ring (bicyclic) bond motifs is 12. The van der Waals surface area contributed by atoms with E-state index < -0.39 is 0 Å². The molecule has 0 aliphatic heterocycles. The minimum absolute atomic E-state index is 1.21. The number of para-hydroxylation sites is 1. The van der Waals surface area contributed by atoms with Crippen LogP contribution in [0.2, 0.25) is 0 Å². The van der Waals surface area contributed by atoms with Crippen LogP contribution in [0.1, 0.15) is 18.1 Å². The van der Waals surface area contributed by atoms with Crippen molar-refractivity contribution in [3.8, 4) is 27.9 Å². The minimum Gasteiger partial charge on any atom is -0.307 e. The van der Waals surface area contributed by atoms with Crippen molar-refractivity contribution < 1.29 is 0 Å². The van der Waals surface area contributed by atoms with Crippen LogP contribution in [0.3, 0.4) is 0 Å². The molecule has 11 rings (SSSR count). The van der Waals surface area contributed by atoms with E-state index in [0.717, 1.165) is 0 Å². The fourth-order valence-corrected chi connectivity index (χ4v) is 9.51. The van der Waals surface area contributed by atoms with Crippen LogP contribution in [0.5, 0.6) is 0 Å². The molecule has 0 spiro atoms. The van der Waals surface area contributed by atoms with E-state index in [1.54, 1.807) is 0 Å². The molecule has 0 unspecified atom stereocenters. The molecule has 1 heterocycles. The Morgan fingerprint density at radius 3 is 1.84 bits per heavy atom. The lowest BCUT2D eigenvalue weighted by Gasteiger charge is -2.22. The van der Waals surface area contributed by atoms with Crippen LogP contribution in [0.25, 0.3) is 110 Å². The molecule has 1 heteroatoms. The van der Waals surface area contributed by atoms with Gasteiger partial charge in [0.1, 0.15) is 0 Å². The topological polar surface area (TPSA) is 4.93 Å². The molecule has 0 saturated carbocycles. The van der Waals surface area contributed by atoms with Gasteiger partial charge in [-0.15, -0.1) is 0 Å². The lowest BCUT2D eigenvalue weighted by atomic mass is 9.87. The fourth-order valence-electron chi connectivity index (χ4n) is 9.51. The zero-order valence-electron chi connectivity index (χ0n) is 30.8. The zero-order chi connectivity index (χ0) is 36.6. The van der Waals surface area contributed by atoms with Gasteiger partial charge < -0.3 is 4.57 Å². The minimum atomic E-state index is 1.21. The van der Waals surface area contributed by atoms with Gasteiger partial charge in [-0.1, -0.05) is 170 Å². The third-order valence-electron chi connectivity index (χ3n) is 11.8. The lowest BCUT2D eigenvalue weighted by Crippen LogP contribution is -2.03. The van der Waals surface area contributed by atoms with Crippen LogP contribution < -0.4 is 0 Å². The van der Waals surface area contributed by atoms with Gasteiger partial charge in [0, 0.05) is 32.5 Å². The summed E-state index contributed by atoms with van der Waals surface area (Å²) in [6.07, 6.45) is 4.53. The summed E-state index contributed by atoms with van der Waals surface area (Å²) >= 11 is 0. The maximum absolute atomic E-state index is 2.60. The summed E-state index contributed by atoms with van der Waals surface area (Å²) in [6.45, 7) is 4.45. The molecule has 1 nitrogen and oxygen atoms in total. The molecule has 1 aromatic heterocycles. The SMILES string of the molecule is C/C=C\c1c(C)c(-c2ccc3ccccc3c2)c2ccccc2c1-n1c2ccccc2c2c3c4ccccc4c(-c4ccccc4)cc3c3ccccc3c21. The second kappa shape index (κ2) is 12.3. The van der Waals surface area contributed by atoms with Crippen molar-refractivity contribution >= 4 is 81.7 Å². The molecule has 0 fully saturated rings. The van der Waals surface area contributed by atoms with E-state index in [-0.39, 0.29) is 0 Å². The second-order valence-corrected chi connectivity index (χ2v) is 14.7. The van der Waals surface area contributed by atoms with Gasteiger partial charge in [-0.2, -0.15) is 0 Å². The Labute approximate surface area is 320 Å². The highest BCUT2D eigenvalue weighted by Gasteiger charge is 2.25. The van der Waals surface area contributed by atoms with Crippen molar-refractivity contribution in [2.24, 2.45) is 0 Å². The summed E-state index contributed by atoms with van der Waals surface area (Å²) in [5.74, 6) is 0. The number of allylic oxidation sites excluding steroid dienone is 1. The first-order valence-corrected chi connectivity index (χ1v) is 19.2. The van der Waals surface area contributed by atoms with E-state index in [1.165, 1.54) is 115 Å². The number of nitrogens with zero attached hydrogens (tertiary/aromatic N) is 1. The van der Waals surface area contributed by atoms with Crippen LogP contribution in [-0.2, 0) is 0 Å². The van der Waals surface area contributed by atoms with Crippen molar-refractivity contribution in [2.75, 3.05) is 0 Å². The predicted molar refractivity (Wildman–Crippen MR) is 239 cm³/mol. The third kappa shape index (κ3) is 4.60. The Balaban J connectivity index is 1.36. The molecule has 0 atom stereocenters. The molecule has 0 amide bonds. The van der Waals surface area contributed by atoms with Crippen molar-refractivity contribution in [1.29, 1.82) is 0 Å². The number of benzene rings is 10. The van der Waals surface area contributed by atoms with Crippen molar-refractivity contribution in [3.05, 3.63) is 193 Å². The second-order valence-electron chi connectivity index (χ2n) is 14.7. The molecule has 11 aromatic rings. The van der Waals surface area contributed by atoms with E-state index in [0.29, 0.717) is 0 Å². The average Bonchev–Trinajstić information content (AvgIpc) is 3.58. The Hall–Kier alpha value is -6.96. The predicted octanol–water partition coefficient (Wildman–Crippen LogP) is 15.2. The molecule has 0 aliphatic rings. The Bertz CT molecular complexity index is 3380. The van der Waals surface area contributed by atoms with Gasteiger partial charge in [0.25, 0.3) is 0 Å². The summed E-state index contributed by atoms with van der Waals surface area (Å²) in [5, 5.41) is 15.2. The molecule has 0 bridgehead atoms. The molecule has 0 N–H and O–H groups in total. The maximum Gasteiger partial charge on any atom is 0.0626 e. The first kappa shape index (κ1) is 31.6. The van der Waals surface area contributed by atoms with Gasteiger partial charge in [-0.3, -0.25) is 0 Å². The van der Waals surface area contributed by atoms with E-state index in [2.05, 4.69) is 206 Å². The molecule has 0 saturated heterocycles. The smallest absolute Gasteiger partial charge is 0.0626 e. The summed E-state index contributed by atoms with van der Waals surface area (Å²) in [7, 11) is 0. The van der Waals surface area contributed by atoms with Crippen LogP contribution in [0.15, 0.2) is 182 Å². The highest BCUT2D eigenvalue weighted by molar-refractivity contribution is 6.38. The van der Waals surface area contributed by atoms with Crippen molar-refractivity contribution in [3.63, 3.8) is 0 Å². The fraction of sp³-hybridized carbons (Fsp3) is 0.0370. The van der Waals surface area contributed by atoms with Crippen molar-refractivity contribution in [1.82, 2.24) is 4.57 Å². The number of hydrogen-bond acceptors (Lipinski definition) is 0. The number of rotatable bonds is 4. The van der Waals surface area contributed by atoms with Crippen LogP contribution >= 0.6 is 0 Å². The quantitative estimate of drug-likeness (QED) is 0.161. The Kier molecular flexibility index (Phi) is 7.06. The van der Waals surface area contributed by atoms with E-state index >= 15 is 0 Å². The van der Waals surface area contributed by atoms with Crippen molar-refractivity contribution in [2.45, 2.75) is 13.8 Å². The van der Waals surface area contributed by atoms with Gasteiger partial charge in [-0.05, 0) is 97.6 Å². The number of aromatic nitrogens is 1. The monoisotopic (exact) mass is 699 g/mol. The Morgan fingerprint density at radius 2 is 1.05 bits per heavy atom. The first-order valence-electron chi connectivity index (χ1n) is 19.2. The van der Waals surface area contributed by atoms with Gasteiger partial charge in [0.15, 0.2) is 0 Å². The molecule has 258 valence electrons. The molecule has 0 aliphatic carbocycles.